The Morgan fingerprint density at radius 3 is 2.47 bits per heavy atom. The standard InChI is InChI=1S/C14H11BrClF2N/c15-9-2-3-10(13(18)7-9)14(19)6-8-1-4-12(17)11(16)5-8/h1-5,7,14H,6,19H2. The molecule has 19 heavy (non-hydrogen) atoms. The molecule has 0 aliphatic carbocycles. The number of rotatable bonds is 3. The van der Waals surface area contributed by atoms with Crippen molar-refractivity contribution >= 4 is 27.5 Å². The smallest absolute Gasteiger partial charge is 0.141 e. The summed E-state index contributed by atoms with van der Waals surface area (Å²) in [6.07, 6.45) is 0.387. The molecule has 5 heteroatoms. The van der Waals surface area contributed by atoms with E-state index in [0.717, 1.165) is 5.56 Å². The van der Waals surface area contributed by atoms with Crippen molar-refractivity contribution in [3.63, 3.8) is 0 Å². The van der Waals surface area contributed by atoms with Gasteiger partial charge in [0.15, 0.2) is 0 Å². The van der Waals surface area contributed by atoms with Gasteiger partial charge in [-0.1, -0.05) is 39.7 Å². The maximum atomic E-state index is 13.8. The van der Waals surface area contributed by atoms with Crippen LogP contribution < -0.4 is 5.73 Å². The van der Waals surface area contributed by atoms with Gasteiger partial charge in [0.2, 0.25) is 0 Å². The Balaban J connectivity index is 2.20. The molecule has 0 heterocycles. The van der Waals surface area contributed by atoms with E-state index in [1.807, 2.05) is 0 Å². The van der Waals surface area contributed by atoms with Crippen molar-refractivity contribution in [1.29, 1.82) is 0 Å². The zero-order valence-electron chi connectivity index (χ0n) is 9.84. The van der Waals surface area contributed by atoms with Crippen molar-refractivity contribution in [2.24, 2.45) is 5.73 Å². The summed E-state index contributed by atoms with van der Waals surface area (Å²) >= 11 is 8.89. The molecular formula is C14H11BrClF2N. The number of halogens is 4. The molecule has 100 valence electrons. The van der Waals surface area contributed by atoms with Gasteiger partial charge in [0.05, 0.1) is 5.02 Å². The van der Waals surface area contributed by atoms with Gasteiger partial charge in [0.25, 0.3) is 0 Å². The van der Waals surface area contributed by atoms with E-state index < -0.39 is 11.9 Å². The molecule has 2 aromatic rings. The minimum atomic E-state index is -0.505. The normalized spacial score (nSPS) is 12.5. The van der Waals surface area contributed by atoms with Crippen LogP contribution >= 0.6 is 27.5 Å². The minimum Gasteiger partial charge on any atom is -0.324 e. The Bertz CT molecular complexity index is 604. The summed E-state index contributed by atoms with van der Waals surface area (Å²) in [6.45, 7) is 0. The molecule has 2 N–H and O–H groups in total. The van der Waals surface area contributed by atoms with Gasteiger partial charge in [-0.25, -0.2) is 8.78 Å². The van der Waals surface area contributed by atoms with Crippen molar-refractivity contribution in [2.75, 3.05) is 0 Å². The molecule has 1 nitrogen and oxygen atoms in total. The summed E-state index contributed by atoms with van der Waals surface area (Å²) in [5, 5.41) is 0.0426. The van der Waals surface area contributed by atoms with Crippen LogP contribution in [0.5, 0.6) is 0 Å². The summed E-state index contributed by atoms with van der Waals surface area (Å²) in [4.78, 5) is 0. The lowest BCUT2D eigenvalue weighted by atomic mass is 9.99. The second-order valence-corrected chi connectivity index (χ2v) is 5.55. The van der Waals surface area contributed by atoms with E-state index in [0.29, 0.717) is 16.5 Å². The Morgan fingerprint density at radius 1 is 1.11 bits per heavy atom. The lowest BCUT2D eigenvalue weighted by Crippen LogP contribution is -2.15. The van der Waals surface area contributed by atoms with Gasteiger partial charge in [-0.2, -0.15) is 0 Å². The molecule has 0 spiro atoms. The maximum Gasteiger partial charge on any atom is 0.141 e. The summed E-state index contributed by atoms with van der Waals surface area (Å²) in [5.74, 6) is -0.844. The Hall–Kier alpha value is -0.970. The zero-order valence-corrected chi connectivity index (χ0v) is 12.2. The first kappa shape index (κ1) is 14.4. The lowest BCUT2D eigenvalue weighted by Gasteiger charge is -2.13. The monoisotopic (exact) mass is 345 g/mol. The molecule has 2 rings (SSSR count). The summed E-state index contributed by atoms with van der Waals surface area (Å²) < 4.78 is 27.4. The number of hydrogen-bond acceptors (Lipinski definition) is 1. The molecule has 0 aromatic heterocycles. The fraction of sp³-hybridized carbons (Fsp3) is 0.143. The topological polar surface area (TPSA) is 26.0 Å². The molecule has 0 saturated heterocycles. The molecule has 0 fully saturated rings. The third kappa shape index (κ3) is 3.53. The molecule has 0 bridgehead atoms. The summed E-state index contributed by atoms with van der Waals surface area (Å²) in [6, 6.07) is 8.61. The first-order valence-corrected chi connectivity index (χ1v) is 6.79. The average molecular weight is 347 g/mol. The van der Waals surface area contributed by atoms with Gasteiger partial charge in [-0.3, -0.25) is 0 Å². The minimum absolute atomic E-state index is 0.0426. The lowest BCUT2D eigenvalue weighted by molar-refractivity contribution is 0.579. The molecule has 1 unspecified atom stereocenters. The van der Waals surface area contributed by atoms with Crippen molar-refractivity contribution in [2.45, 2.75) is 12.5 Å². The maximum absolute atomic E-state index is 13.8. The predicted molar refractivity (Wildman–Crippen MR) is 76.1 cm³/mol. The van der Waals surface area contributed by atoms with Crippen molar-refractivity contribution < 1.29 is 8.78 Å². The number of nitrogens with two attached hydrogens (primary N) is 1. The second kappa shape index (κ2) is 5.99. The van der Waals surface area contributed by atoms with Crippen LogP contribution in [0.4, 0.5) is 8.78 Å². The van der Waals surface area contributed by atoms with Gasteiger partial charge in [-0.05, 0) is 36.2 Å². The third-order valence-corrected chi connectivity index (χ3v) is 3.58. The van der Waals surface area contributed by atoms with Gasteiger partial charge in [0, 0.05) is 16.1 Å². The molecule has 0 aliphatic heterocycles. The molecule has 2 aromatic carbocycles. The molecule has 1 atom stereocenters. The van der Waals surface area contributed by atoms with Gasteiger partial charge in [0.1, 0.15) is 11.6 Å². The van der Waals surface area contributed by atoms with Gasteiger partial charge in [-0.15, -0.1) is 0 Å². The van der Waals surface area contributed by atoms with E-state index in [-0.39, 0.29) is 10.8 Å². The molecule has 0 saturated carbocycles. The van der Waals surface area contributed by atoms with E-state index in [1.165, 1.54) is 18.2 Å². The van der Waals surface area contributed by atoms with Crippen molar-refractivity contribution in [3.8, 4) is 0 Å². The van der Waals surface area contributed by atoms with Crippen LogP contribution in [0.1, 0.15) is 17.2 Å². The average Bonchev–Trinajstić information content (AvgIpc) is 2.33. The molecule has 0 amide bonds. The summed E-state index contributed by atoms with van der Waals surface area (Å²) in [7, 11) is 0. The Labute approximate surface area is 123 Å². The van der Waals surface area contributed by atoms with E-state index in [9.17, 15) is 8.78 Å². The Kier molecular flexibility index (Phi) is 4.55. The van der Waals surface area contributed by atoms with E-state index in [2.05, 4.69) is 15.9 Å². The van der Waals surface area contributed by atoms with Crippen LogP contribution in [0.3, 0.4) is 0 Å². The van der Waals surface area contributed by atoms with Gasteiger partial charge >= 0.3 is 0 Å². The van der Waals surface area contributed by atoms with Crippen molar-refractivity contribution in [3.05, 3.63) is 68.7 Å². The van der Waals surface area contributed by atoms with Crippen LogP contribution in [0.15, 0.2) is 40.9 Å². The SMILES string of the molecule is NC(Cc1ccc(F)c(Cl)c1)c1ccc(Br)cc1F. The first-order chi connectivity index (χ1) is 8.97. The number of hydrogen-bond donors (Lipinski definition) is 1. The van der Waals surface area contributed by atoms with Gasteiger partial charge < -0.3 is 5.73 Å². The molecule has 0 aliphatic rings. The highest BCUT2D eigenvalue weighted by molar-refractivity contribution is 9.10. The second-order valence-electron chi connectivity index (χ2n) is 4.22. The Morgan fingerprint density at radius 2 is 1.84 bits per heavy atom. The predicted octanol–water partition coefficient (Wildman–Crippen LogP) is 4.62. The highest BCUT2D eigenvalue weighted by Gasteiger charge is 2.13. The fourth-order valence-corrected chi connectivity index (χ4v) is 2.37. The van der Waals surface area contributed by atoms with E-state index in [1.54, 1.807) is 18.2 Å². The summed E-state index contributed by atoms with van der Waals surface area (Å²) in [5.41, 5.74) is 7.16. The van der Waals surface area contributed by atoms with Crippen LogP contribution in [0, 0.1) is 11.6 Å². The van der Waals surface area contributed by atoms with Crippen LogP contribution in [0.2, 0.25) is 5.02 Å². The molecular weight excluding hydrogens is 336 g/mol. The van der Waals surface area contributed by atoms with Crippen molar-refractivity contribution in [1.82, 2.24) is 0 Å². The third-order valence-electron chi connectivity index (χ3n) is 2.80. The molecule has 0 radical (unpaired) electrons. The largest absolute Gasteiger partial charge is 0.324 e. The van der Waals surface area contributed by atoms with Crippen LogP contribution in [-0.4, -0.2) is 0 Å². The van der Waals surface area contributed by atoms with Crippen LogP contribution in [-0.2, 0) is 6.42 Å². The fourth-order valence-electron chi connectivity index (χ4n) is 1.83. The zero-order chi connectivity index (χ0) is 14.0. The first-order valence-electron chi connectivity index (χ1n) is 5.62. The van der Waals surface area contributed by atoms with E-state index >= 15 is 0 Å². The van der Waals surface area contributed by atoms with E-state index in [4.69, 9.17) is 17.3 Å². The number of benzene rings is 2. The quantitative estimate of drug-likeness (QED) is 0.862. The highest BCUT2D eigenvalue weighted by Crippen LogP contribution is 2.24. The highest BCUT2D eigenvalue weighted by atomic mass is 79.9. The van der Waals surface area contributed by atoms with Crippen LogP contribution in [0.25, 0.3) is 0 Å².